The zero-order chi connectivity index (χ0) is 19.9. The lowest BCUT2D eigenvalue weighted by molar-refractivity contribution is -0.137. The quantitative estimate of drug-likeness (QED) is 0.823. The SMILES string of the molecule is CS(=O)(=O)N1CCC2(CCN(C(=O)Nc3ccc(C(F)(F)F)cc3)CC2)C1. The highest BCUT2D eigenvalue weighted by Crippen LogP contribution is 2.41. The summed E-state index contributed by atoms with van der Waals surface area (Å²) in [5.41, 5.74) is -0.553. The smallest absolute Gasteiger partial charge is 0.324 e. The topological polar surface area (TPSA) is 69.7 Å². The number of nitrogens with one attached hydrogen (secondary N) is 1. The maximum atomic E-state index is 12.6. The first-order valence-electron chi connectivity index (χ1n) is 8.67. The van der Waals surface area contributed by atoms with Gasteiger partial charge in [0.2, 0.25) is 10.0 Å². The Morgan fingerprint density at radius 1 is 1.07 bits per heavy atom. The zero-order valence-electron chi connectivity index (χ0n) is 14.9. The minimum atomic E-state index is -4.41. The first-order chi connectivity index (χ1) is 12.5. The molecule has 1 aromatic carbocycles. The second-order valence-electron chi connectivity index (χ2n) is 7.34. The molecule has 1 N–H and O–H groups in total. The number of likely N-dealkylation sites (tertiary alicyclic amines) is 1. The number of urea groups is 1. The van der Waals surface area contributed by atoms with Gasteiger partial charge < -0.3 is 10.2 Å². The van der Waals surface area contributed by atoms with Gasteiger partial charge in [-0.2, -0.15) is 13.2 Å². The third-order valence-corrected chi connectivity index (χ3v) is 6.70. The summed E-state index contributed by atoms with van der Waals surface area (Å²) in [6.45, 7) is 1.98. The third kappa shape index (κ3) is 4.55. The molecule has 2 amide bonds. The second-order valence-corrected chi connectivity index (χ2v) is 9.32. The number of sulfonamides is 1. The average Bonchev–Trinajstić information content (AvgIpc) is 2.99. The molecule has 2 saturated heterocycles. The van der Waals surface area contributed by atoms with Crippen LogP contribution in [0.15, 0.2) is 24.3 Å². The summed E-state index contributed by atoms with van der Waals surface area (Å²) >= 11 is 0. The molecule has 3 rings (SSSR count). The Hall–Kier alpha value is -1.81. The Bertz CT molecular complexity index is 801. The average molecular weight is 405 g/mol. The maximum absolute atomic E-state index is 12.6. The van der Waals surface area contributed by atoms with E-state index < -0.39 is 21.8 Å². The van der Waals surface area contributed by atoms with Crippen LogP contribution in [0.5, 0.6) is 0 Å². The van der Waals surface area contributed by atoms with Gasteiger partial charge in [-0.05, 0) is 48.9 Å². The van der Waals surface area contributed by atoms with Gasteiger partial charge in [0, 0.05) is 31.9 Å². The van der Waals surface area contributed by atoms with E-state index in [4.69, 9.17) is 0 Å². The normalized spacial score (nSPS) is 20.8. The summed E-state index contributed by atoms with van der Waals surface area (Å²) < 4.78 is 62.6. The highest BCUT2D eigenvalue weighted by atomic mass is 32.2. The molecule has 0 radical (unpaired) electrons. The lowest BCUT2D eigenvalue weighted by Gasteiger charge is -2.39. The number of carbonyl (C=O) groups excluding carboxylic acids is 1. The fourth-order valence-electron chi connectivity index (χ4n) is 3.71. The van der Waals surface area contributed by atoms with Crippen LogP contribution in [0.3, 0.4) is 0 Å². The fraction of sp³-hybridized carbons (Fsp3) is 0.588. The highest BCUT2D eigenvalue weighted by Gasteiger charge is 2.43. The number of hydrogen-bond acceptors (Lipinski definition) is 3. The van der Waals surface area contributed by atoms with Crippen molar-refractivity contribution < 1.29 is 26.4 Å². The molecular weight excluding hydrogens is 383 g/mol. The molecule has 2 heterocycles. The van der Waals surface area contributed by atoms with Crippen LogP contribution >= 0.6 is 0 Å². The standard InChI is InChI=1S/C17H22F3N3O3S/c1-27(25,26)23-11-8-16(12-23)6-9-22(10-7-16)15(24)21-14-4-2-13(3-5-14)17(18,19)20/h2-5H,6-12H2,1H3,(H,21,24). The summed E-state index contributed by atoms with van der Waals surface area (Å²) in [4.78, 5) is 14.0. The van der Waals surface area contributed by atoms with Gasteiger partial charge in [0.1, 0.15) is 0 Å². The Morgan fingerprint density at radius 2 is 1.63 bits per heavy atom. The molecule has 0 saturated carbocycles. The number of rotatable bonds is 2. The molecule has 27 heavy (non-hydrogen) atoms. The van der Waals surface area contributed by atoms with Crippen molar-refractivity contribution in [2.45, 2.75) is 25.4 Å². The summed E-state index contributed by atoms with van der Waals surface area (Å²) in [7, 11) is -3.20. The van der Waals surface area contributed by atoms with Crippen molar-refractivity contribution in [3.8, 4) is 0 Å². The largest absolute Gasteiger partial charge is 0.416 e. The number of nitrogens with zero attached hydrogens (tertiary/aromatic N) is 2. The van der Waals surface area contributed by atoms with Crippen LogP contribution in [-0.2, 0) is 16.2 Å². The Morgan fingerprint density at radius 3 is 2.11 bits per heavy atom. The van der Waals surface area contributed by atoms with Gasteiger partial charge in [-0.3, -0.25) is 0 Å². The van der Waals surface area contributed by atoms with Gasteiger partial charge >= 0.3 is 12.2 Å². The fourth-order valence-corrected chi connectivity index (χ4v) is 4.65. The molecule has 0 unspecified atom stereocenters. The number of amides is 2. The van der Waals surface area contributed by atoms with E-state index >= 15 is 0 Å². The molecule has 0 aliphatic carbocycles. The van der Waals surface area contributed by atoms with Gasteiger partial charge in [-0.25, -0.2) is 17.5 Å². The molecule has 2 fully saturated rings. The maximum Gasteiger partial charge on any atom is 0.416 e. The number of alkyl halides is 3. The molecule has 2 aliphatic heterocycles. The molecular formula is C17H22F3N3O3S. The zero-order valence-corrected chi connectivity index (χ0v) is 15.7. The van der Waals surface area contributed by atoms with Gasteiger partial charge in [0.05, 0.1) is 11.8 Å². The number of hydrogen-bond donors (Lipinski definition) is 1. The minimum Gasteiger partial charge on any atom is -0.324 e. The summed E-state index contributed by atoms with van der Waals surface area (Å²) in [5.74, 6) is 0. The number of benzene rings is 1. The van der Waals surface area contributed by atoms with E-state index in [-0.39, 0.29) is 11.4 Å². The molecule has 0 aromatic heterocycles. The highest BCUT2D eigenvalue weighted by molar-refractivity contribution is 7.88. The number of halogens is 3. The van der Waals surface area contributed by atoms with Crippen LogP contribution in [-0.4, -0.2) is 56.1 Å². The van der Waals surface area contributed by atoms with Crippen LogP contribution in [0, 0.1) is 5.41 Å². The van der Waals surface area contributed by atoms with Gasteiger partial charge in [0.15, 0.2) is 0 Å². The lowest BCUT2D eigenvalue weighted by Crippen LogP contribution is -2.46. The van der Waals surface area contributed by atoms with E-state index in [1.165, 1.54) is 22.7 Å². The van der Waals surface area contributed by atoms with Crippen molar-refractivity contribution in [1.29, 1.82) is 0 Å². The first-order valence-corrected chi connectivity index (χ1v) is 10.5. The second kappa shape index (κ2) is 6.97. The molecule has 0 atom stereocenters. The van der Waals surface area contributed by atoms with Crippen LogP contribution in [0.1, 0.15) is 24.8 Å². The van der Waals surface area contributed by atoms with Crippen LogP contribution < -0.4 is 5.32 Å². The Labute approximate surface area is 156 Å². The predicted octanol–water partition coefficient (Wildman–Crippen LogP) is 2.98. The molecule has 1 spiro atoms. The first kappa shape index (κ1) is 19.9. The molecule has 2 aliphatic rings. The van der Waals surface area contributed by atoms with E-state index in [2.05, 4.69) is 5.32 Å². The summed E-state index contributed by atoms with van der Waals surface area (Å²) in [6.07, 6.45) is -1.00. The van der Waals surface area contributed by atoms with Gasteiger partial charge in [0.25, 0.3) is 0 Å². The van der Waals surface area contributed by atoms with Crippen molar-refractivity contribution in [1.82, 2.24) is 9.21 Å². The van der Waals surface area contributed by atoms with E-state index in [0.29, 0.717) is 44.7 Å². The monoisotopic (exact) mass is 405 g/mol. The minimum absolute atomic E-state index is 0.0891. The Kier molecular flexibility index (Phi) is 5.15. The number of anilines is 1. The van der Waals surface area contributed by atoms with Gasteiger partial charge in [-0.15, -0.1) is 0 Å². The third-order valence-electron chi connectivity index (χ3n) is 5.45. The van der Waals surface area contributed by atoms with Gasteiger partial charge in [-0.1, -0.05) is 0 Å². The van der Waals surface area contributed by atoms with Crippen LogP contribution in [0.4, 0.5) is 23.7 Å². The number of piperidine rings is 1. The van der Waals surface area contributed by atoms with Crippen molar-refractivity contribution in [2.75, 3.05) is 37.8 Å². The molecule has 0 bridgehead atoms. The van der Waals surface area contributed by atoms with E-state index in [9.17, 15) is 26.4 Å². The predicted molar refractivity (Wildman–Crippen MR) is 94.7 cm³/mol. The van der Waals surface area contributed by atoms with Crippen molar-refractivity contribution in [2.24, 2.45) is 5.41 Å². The molecule has 1 aromatic rings. The van der Waals surface area contributed by atoms with Crippen molar-refractivity contribution in [3.05, 3.63) is 29.8 Å². The molecule has 10 heteroatoms. The van der Waals surface area contributed by atoms with E-state index in [1.54, 1.807) is 4.90 Å². The lowest BCUT2D eigenvalue weighted by atomic mass is 9.78. The summed E-state index contributed by atoms with van der Waals surface area (Å²) in [6, 6.07) is 3.96. The Balaban J connectivity index is 1.55. The van der Waals surface area contributed by atoms with Crippen molar-refractivity contribution in [3.63, 3.8) is 0 Å². The van der Waals surface area contributed by atoms with Crippen molar-refractivity contribution >= 4 is 21.7 Å². The van der Waals surface area contributed by atoms with E-state index in [0.717, 1.165) is 18.6 Å². The van der Waals surface area contributed by atoms with Crippen LogP contribution in [0.25, 0.3) is 0 Å². The number of carbonyl (C=O) groups is 1. The van der Waals surface area contributed by atoms with E-state index in [1.807, 2.05) is 0 Å². The summed E-state index contributed by atoms with van der Waals surface area (Å²) in [5, 5.41) is 2.62. The van der Waals surface area contributed by atoms with Crippen LogP contribution in [0.2, 0.25) is 0 Å². The molecule has 6 nitrogen and oxygen atoms in total. The molecule has 150 valence electrons.